The Morgan fingerprint density at radius 1 is 1.15 bits per heavy atom. The molecule has 0 aromatic heterocycles. The molecule has 9 heteroatoms. The minimum atomic E-state index is -3.85. The molecule has 146 valence electrons. The zero-order chi connectivity index (χ0) is 19.9. The Morgan fingerprint density at radius 3 is 2.59 bits per heavy atom. The summed E-state index contributed by atoms with van der Waals surface area (Å²) < 4.78 is 38.4. The van der Waals surface area contributed by atoms with Crippen molar-refractivity contribution < 1.29 is 22.7 Å². The van der Waals surface area contributed by atoms with Crippen molar-refractivity contribution in [2.45, 2.75) is 11.3 Å². The van der Waals surface area contributed by atoms with E-state index >= 15 is 0 Å². The lowest BCUT2D eigenvalue weighted by Gasteiger charge is -2.11. The van der Waals surface area contributed by atoms with E-state index in [2.05, 4.69) is 26.0 Å². The van der Waals surface area contributed by atoms with Gasteiger partial charge in [-0.3, -0.25) is 9.52 Å². The second-order valence-corrected chi connectivity index (χ2v) is 8.12. The van der Waals surface area contributed by atoms with Gasteiger partial charge in [0.15, 0.2) is 0 Å². The standard InChI is InChI=1S/C18H21BrN2O5S/c1-25-10-4-9-20-18(22)13-5-3-6-15(11-13)27(23,24)21-14-7-8-17(26-2)16(19)12-14/h3,5-8,11-12,21H,4,9-10H2,1-2H3,(H,20,22). The largest absolute Gasteiger partial charge is 0.496 e. The molecule has 0 bridgehead atoms. The normalized spacial score (nSPS) is 11.1. The first-order valence-electron chi connectivity index (χ1n) is 8.11. The van der Waals surface area contributed by atoms with Gasteiger partial charge >= 0.3 is 0 Å². The number of sulfonamides is 1. The second kappa shape index (κ2) is 9.72. The number of hydrogen-bond acceptors (Lipinski definition) is 5. The molecule has 0 radical (unpaired) electrons. The number of anilines is 1. The molecule has 0 aliphatic rings. The smallest absolute Gasteiger partial charge is 0.261 e. The van der Waals surface area contributed by atoms with Gasteiger partial charge in [0.05, 0.1) is 22.2 Å². The number of rotatable bonds is 9. The minimum absolute atomic E-state index is 0.000943. The summed E-state index contributed by atoms with van der Waals surface area (Å²) in [6, 6.07) is 10.7. The summed E-state index contributed by atoms with van der Waals surface area (Å²) in [6.07, 6.45) is 0.675. The van der Waals surface area contributed by atoms with E-state index in [9.17, 15) is 13.2 Å². The van der Waals surface area contributed by atoms with Crippen LogP contribution in [0.1, 0.15) is 16.8 Å². The van der Waals surface area contributed by atoms with Crippen LogP contribution in [0.25, 0.3) is 0 Å². The highest BCUT2D eigenvalue weighted by Crippen LogP contribution is 2.28. The van der Waals surface area contributed by atoms with Crippen molar-refractivity contribution in [1.82, 2.24) is 5.32 Å². The van der Waals surface area contributed by atoms with Gasteiger partial charge in [-0.05, 0) is 58.7 Å². The predicted octanol–water partition coefficient (Wildman–Crippen LogP) is 3.02. The highest BCUT2D eigenvalue weighted by atomic mass is 79.9. The van der Waals surface area contributed by atoms with E-state index in [0.29, 0.717) is 35.5 Å². The minimum Gasteiger partial charge on any atom is -0.496 e. The Balaban J connectivity index is 2.14. The number of carbonyl (C=O) groups is 1. The molecule has 0 atom stereocenters. The molecule has 0 spiro atoms. The SMILES string of the molecule is COCCCNC(=O)c1cccc(S(=O)(=O)Nc2ccc(OC)c(Br)c2)c1. The molecule has 0 heterocycles. The maximum Gasteiger partial charge on any atom is 0.261 e. The molecule has 0 aliphatic heterocycles. The monoisotopic (exact) mass is 456 g/mol. The molecular weight excluding hydrogens is 436 g/mol. The molecule has 0 fully saturated rings. The number of halogens is 1. The third-order valence-corrected chi connectivity index (χ3v) is 5.62. The Labute approximate surface area is 167 Å². The van der Waals surface area contributed by atoms with Crippen molar-refractivity contribution in [2.24, 2.45) is 0 Å². The van der Waals surface area contributed by atoms with E-state index in [-0.39, 0.29) is 16.4 Å². The highest BCUT2D eigenvalue weighted by molar-refractivity contribution is 9.10. The summed E-state index contributed by atoms with van der Waals surface area (Å²) in [4.78, 5) is 12.2. The van der Waals surface area contributed by atoms with Crippen LogP contribution < -0.4 is 14.8 Å². The van der Waals surface area contributed by atoms with Gasteiger partial charge in [-0.15, -0.1) is 0 Å². The van der Waals surface area contributed by atoms with Crippen molar-refractivity contribution in [3.8, 4) is 5.75 Å². The van der Waals surface area contributed by atoms with Gasteiger partial charge in [0.25, 0.3) is 15.9 Å². The molecule has 0 unspecified atom stereocenters. The molecule has 0 aliphatic carbocycles. The summed E-state index contributed by atoms with van der Waals surface area (Å²) in [5.74, 6) is 0.250. The Bertz CT molecular complexity index is 902. The summed E-state index contributed by atoms with van der Waals surface area (Å²) in [7, 11) is -0.735. The molecule has 7 nitrogen and oxygen atoms in total. The van der Waals surface area contributed by atoms with Gasteiger partial charge in [-0.1, -0.05) is 6.07 Å². The van der Waals surface area contributed by atoms with Crippen LogP contribution >= 0.6 is 15.9 Å². The lowest BCUT2D eigenvalue weighted by Crippen LogP contribution is -2.25. The van der Waals surface area contributed by atoms with Crippen molar-refractivity contribution in [1.29, 1.82) is 0 Å². The van der Waals surface area contributed by atoms with Crippen molar-refractivity contribution in [3.05, 3.63) is 52.5 Å². The van der Waals surface area contributed by atoms with Crippen LogP contribution in [0.5, 0.6) is 5.75 Å². The topological polar surface area (TPSA) is 93.7 Å². The van der Waals surface area contributed by atoms with Crippen molar-refractivity contribution in [3.63, 3.8) is 0 Å². The third-order valence-electron chi connectivity index (χ3n) is 3.62. The van der Waals surface area contributed by atoms with Gasteiger partial charge in [-0.2, -0.15) is 0 Å². The maximum absolute atomic E-state index is 12.6. The van der Waals surface area contributed by atoms with Crippen molar-refractivity contribution in [2.75, 3.05) is 32.1 Å². The molecule has 27 heavy (non-hydrogen) atoms. The van der Waals surface area contributed by atoms with Crippen LogP contribution in [0, 0.1) is 0 Å². The fourth-order valence-corrected chi connectivity index (χ4v) is 3.90. The number of methoxy groups -OCH3 is 2. The molecular formula is C18H21BrN2O5S. The van der Waals surface area contributed by atoms with Gasteiger partial charge in [0.2, 0.25) is 0 Å². The van der Waals surface area contributed by atoms with Crippen LogP contribution in [0.15, 0.2) is 51.8 Å². The first-order valence-corrected chi connectivity index (χ1v) is 10.4. The first kappa shape index (κ1) is 21.2. The van der Waals surface area contributed by atoms with Crippen LogP contribution in [0.3, 0.4) is 0 Å². The van der Waals surface area contributed by atoms with Gasteiger partial charge in [0, 0.05) is 25.8 Å². The summed E-state index contributed by atoms with van der Waals surface area (Å²) in [5, 5.41) is 2.73. The predicted molar refractivity (Wildman–Crippen MR) is 107 cm³/mol. The zero-order valence-electron chi connectivity index (χ0n) is 15.0. The summed E-state index contributed by atoms with van der Waals surface area (Å²) in [6.45, 7) is 0.984. The highest BCUT2D eigenvalue weighted by Gasteiger charge is 2.17. The third kappa shape index (κ3) is 5.95. The molecule has 2 aromatic carbocycles. The lowest BCUT2D eigenvalue weighted by atomic mass is 10.2. The van der Waals surface area contributed by atoms with Crippen LogP contribution in [0.4, 0.5) is 5.69 Å². The fourth-order valence-electron chi connectivity index (χ4n) is 2.27. The van der Waals surface area contributed by atoms with E-state index in [1.54, 1.807) is 31.4 Å². The molecule has 2 N–H and O–H groups in total. The van der Waals surface area contributed by atoms with Crippen LogP contribution in [-0.4, -0.2) is 41.7 Å². The van der Waals surface area contributed by atoms with E-state index in [1.165, 1.54) is 25.3 Å². The number of ether oxygens (including phenoxy) is 2. The maximum atomic E-state index is 12.6. The molecule has 0 saturated carbocycles. The molecule has 2 rings (SSSR count). The second-order valence-electron chi connectivity index (χ2n) is 5.58. The van der Waals surface area contributed by atoms with Gasteiger partial charge in [0.1, 0.15) is 5.75 Å². The average molecular weight is 457 g/mol. The first-order chi connectivity index (χ1) is 12.9. The average Bonchev–Trinajstić information content (AvgIpc) is 2.65. The van der Waals surface area contributed by atoms with E-state index in [1.807, 2.05) is 0 Å². The molecule has 0 saturated heterocycles. The van der Waals surface area contributed by atoms with Crippen LogP contribution in [-0.2, 0) is 14.8 Å². The number of benzene rings is 2. The summed E-state index contributed by atoms with van der Waals surface area (Å²) in [5.41, 5.74) is 0.642. The molecule has 1 amide bonds. The Kier molecular flexibility index (Phi) is 7.64. The quantitative estimate of drug-likeness (QED) is 0.565. The number of carbonyl (C=O) groups excluding carboxylic acids is 1. The van der Waals surface area contributed by atoms with Gasteiger partial charge in [-0.25, -0.2) is 8.42 Å². The molecule has 2 aromatic rings. The fraction of sp³-hybridized carbons (Fsp3) is 0.278. The van der Waals surface area contributed by atoms with E-state index in [4.69, 9.17) is 9.47 Å². The Morgan fingerprint density at radius 2 is 1.93 bits per heavy atom. The lowest BCUT2D eigenvalue weighted by molar-refractivity contribution is 0.0948. The number of amides is 1. The zero-order valence-corrected chi connectivity index (χ0v) is 17.4. The number of nitrogens with one attached hydrogen (secondary N) is 2. The summed E-state index contributed by atoms with van der Waals surface area (Å²) >= 11 is 3.32. The Hall–Kier alpha value is -2.10. The van der Waals surface area contributed by atoms with Crippen LogP contribution in [0.2, 0.25) is 0 Å². The number of hydrogen-bond donors (Lipinski definition) is 2. The van der Waals surface area contributed by atoms with E-state index in [0.717, 1.165) is 0 Å². The van der Waals surface area contributed by atoms with Gasteiger partial charge < -0.3 is 14.8 Å². The van der Waals surface area contributed by atoms with E-state index < -0.39 is 10.0 Å². The van der Waals surface area contributed by atoms with Crippen molar-refractivity contribution >= 4 is 37.5 Å².